The summed E-state index contributed by atoms with van der Waals surface area (Å²) in [5, 5.41) is 0. The van der Waals surface area contributed by atoms with E-state index in [0.717, 1.165) is 44.9 Å². The van der Waals surface area contributed by atoms with Crippen LogP contribution >= 0.6 is 0 Å². The average Bonchev–Trinajstić information content (AvgIpc) is 3.16. The summed E-state index contributed by atoms with van der Waals surface area (Å²) in [4.78, 5) is 35.9. The van der Waals surface area contributed by atoms with Crippen LogP contribution in [0.2, 0.25) is 0 Å². The van der Waals surface area contributed by atoms with E-state index in [1.807, 2.05) is 6.92 Å². The number of allylic oxidation sites excluding steroid dienone is 2. The van der Waals surface area contributed by atoms with E-state index >= 15 is 0 Å². The SMILES string of the molecule is CCOC(=O)CCC(C)C1CCC2C3C=CC4CC(OC(C)=O)CCC4(C)C3CC(OC(C)=O)C12C. The number of fused-ring (bicyclic) bond motifs is 5. The van der Waals surface area contributed by atoms with Crippen LogP contribution in [0, 0.1) is 46.3 Å². The molecule has 6 nitrogen and oxygen atoms in total. The summed E-state index contributed by atoms with van der Waals surface area (Å²) in [6, 6.07) is 0. The van der Waals surface area contributed by atoms with E-state index in [1.54, 1.807) is 0 Å². The number of esters is 3. The van der Waals surface area contributed by atoms with Gasteiger partial charge in [-0.15, -0.1) is 0 Å². The Morgan fingerprint density at radius 2 is 1.69 bits per heavy atom. The van der Waals surface area contributed by atoms with E-state index in [-0.39, 0.29) is 40.9 Å². The van der Waals surface area contributed by atoms with Gasteiger partial charge in [0.2, 0.25) is 0 Å². The minimum absolute atomic E-state index is 0.00370. The van der Waals surface area contributed by atoms with Crippen LogP contribution in [-0.4, -0.2) is 36.7 Å². The first-order valence-corrected chi connectivity index (χ1v) is 14.2. The molecule has 0 aromatic carbocycles. The Kier molecular flexibility index (Phi) is 7.92. The van der Waals surface area contributed by atoms with Gasteiger partial charge in [0, 0.05) is 25.7 Å². The lowest BCUT2D eigenvalue weighted by Crippen LogP contribution is -2.58. The standard InChI is InChI=1S/C30H46O6/c1-7-34-28(33)13-8-18(2)24-11-12-25-23-10-9-21-16-22(35-19(3)31)14-15-29(21,5)26(23)17-27(30(24,25)6)36-20(4)32/h9-10,18,21-27H,7-8,11-17H2,1-6H3. The highest BCUT2D eigenvalue weighted by atomic mass is 16.5. The molecule has 0 amide bonds. The van der Waals surface area contributed by atoms with Gasteiger partial charge in [-0.1, -0.05) is 32.9 Å². The maximum atomic E-state index is 12.3. The fraction of sp³-hybridized carbons (Fsp3) is 0.833. The third kappa shape index (κ3) is 4.86. The van der Waals surface area contributed by atoms with Gasteiger partial charge >= 0.3 is 17.9 Å². The van der Waals surface area contributed by atoms with Crippen LogP contribution in [0.15, 0.2) is 12.2 Å². The Balaban J connectivity index is 1.59. The molecule has 0 N–H and O–H groups in total. The smallest absolute Gasteiger partial charge is 0.305 e. The highest BCUT2D eigenvalue weighted by Gasteiger charge is 2.64. The quantitative estimate of drug-likeness (QED) is 0.246. The molecular formula is C30H46O6. The van der Waals surface area contributed by atoms with Crippen molar-refractivity contribution in [3.8, 4) is 0 Å². The maximum absolute atomic E-state index is 12.3. The molecule has 10 unspecified atom stereocenters. The normalized spacial score (nSPS) is 41.9. The molecule has 3 saturated carbocycles. The van der Waals surface area contributed by atoms with Crippen molar-refractivity contribution in [1.29, 1.82) is 0 Å². The second kappa shape index (κ2) is 10.5. The lowest BCUT2D eigenvalue weighted by atomic mass is 9.45. The van der Waals surface area contributed by atoms with Crippen LogP contribution in [0.5, 0.6) is 0 Å². The van der Waals surface area contributed by atoms with Crippen LogP contribution in [0.25, 0.3) is 0 Å². The Labute approximate surface area is 216 Å². The molecule has 36 heavy (non-hydrogen) atoms. The summed E-state index contributed by atoms with van der Waals surface area (Å²) >= 11 is 0. The van der Waals surface area contributed by atoms with Gasteiger partial charge in [-0.25, -0.2) is 0 Å². The highest BCUT2D eigenvalue weighted by molar-refractivity contribution is 5.69. The molecule has 10 atom stereocenters. The third-order valence-electron chi connectivity index (χ3n) is 10.7. The second-order valence-electron chi connectivity index (χ2n) is 12.5. The minimum atomic E-state index is -0.199. The van der Waals surface area contributed by atoms with Gasteiger partial charge in [-0.2, -0.15) is 0 Å². The van der Waals surface area contributed by atoms with Crippen molar-refractivity contribution in [2.75, 3.05) is 6.61 Å². The summed E-state index contributed by atoms with van der Waals surface area (Å²) in [5.41, 5.74) is 0.00675. The van der Waals surface area contributed by atoms with Gasteiger partial charge < -0.3 is 14.2 Å². The highest BCUT2D eigenvalue weighted by Crippen LogP contribution is 2.67. The molecule has 0 heterocycles. The molecule has 0 aromatic heterocycles. The lowest BCUT2D eigenvalue weighted by Gasteiger charge is -2.61. The van der Waals surface area contributed by atoms with Gasteiger partial charge in [0.15, 0.2) is 0 Å². The molecule has 4 aliphatic carbocycles. The Bertz CT molecular complexity index is 881. The molecule has 0 spiro atoms. The summed E-state index contributed by atoms with van der Waals surface area (Å²) in [7, 11) is 0. The monoisotopic (exact) mass is 502 g/mol. The topological polar surface area (TPSA) is 78.9 Å². The Morgan fingerprint density at radius 3 is 2.36 bits per heavy atom. The number of carbonyl (C=O) groups excluding carboxylic acids is 3. The lowest BCUT2D eigenvalue weighted by molar-refractivity contribution is -0.183. The number of rotatable bonds is 7. The van der Waals surface area contributed by atoms with Gasteiger partial charge in [-0.3, -0.25) is 14.4 Å². The summed E-state index contributed by atoms with van der Waals surface area (Å²) in [6.45, 7) is 12.3. The average molecular weight is 503 g/mol. The van der Waals surface area contributed by atoms with Crippen molar-refractivity contribution in [2.45, 2.75) is 105 Å². The minimum Gasteiger partial charge on any atom is -0.466 e. The summed E-state index contributed by atoms with van der Waals surface area (Å²) in [5.74, 6) is 1.99. The van der Waals surface area contributed by atoms with E-state index in [0.29, 0.717) is 48.5 Å². The third-order valence-corrected chi connectivity index (χ3v) is 10.7. The predicted molar refractivity (Wildman–Crippen MR) is 137 cm³/mol. The van der Waals surface area contributed by atoms with E-state index in [2.05, 4.69) is 32.9 Å². The van der Waals surface area contributed by atoms with Crippen LogP contribution in [-0.2, 0) is 28.6 Å². The number of carbonyl (C=O) groups is 3. The van der Waals surface area contributed by atoms with Gasteiger partial charge in [0.25, 0.3) is 0 Å². The van der Waals surface area contributed by atoms with Crippen molar-refractivity contribution >= 4 is 17.9 Å². The molecule has 0 aliphatic heterocycles. The van der Waals surface area contributed by atoms with Gasteiger partial charge in [-0.05, 0) is 92.8 Å². The van der Waals surface area contributed by atoms with Crippen molar-refractivity contribution in [2.24, 2.45) is 46.3 Å². The summed E-state index contributed by atoms with van der Waals surface area (Å²) < 4.78 is 17.0. The molecule has 0 bridgehead atoms. The van der Waals surface area contributed by atoms with E-state index < -0.39 is 0 Å². The Morgan fingerprint density at radius 1 is 0.972 bits per heavy atom. The van der Waals surface area contributed by atoms with Crippen LogP contribution in [0.3, 0.4) is 0 Å². The van der Waals surface area contributed by atoms with E-state index in [1.165, 1.54) is 13.8 Å². The first-order valence-electron chi connectivity index (χ1n) is 14.2. The van der Waals surface area contributed by atoms with E-state index in [4.69, 9.17) is 14.2 Å². The Hall–Kier alpha value is -1.85. The van der Waals surface area contributed by atoms with Crippen molar-refractivity contribution in [3.05, 3.63) is 12.2 Å². The number of hydrogen-bond acceptors (Lipinski definition) is 6. The second-order valence-corrected chi connectivity index (χ2v) is 12.5. The molecule has 4 aliphatic rings. The zero-order valence-corrected chi connectivity index (χ0v) is 23.1. The largest absolute Gasteiger partial charge is 0.466 e. The maximum Gasteiger partial charge on any atom is 0.305 e. The van der Waals surface area contributed by atoms with Crippen molar-refractivity contribution in [1.82, 2.24) is 0 Å². The van der Waals surface area contributed by atoms with Gasteiger partial charge in [0.05, 0.1) is 6.61 Å². The molecular weight excluding hydrogens is 456 g/mol. The summed E-state index contributed by atoms with van der Waals surface area (Å²) in [6.07, 6.45) is 11.9. The molecule has 202 valence electrons. The zero-order chi connectivity index (χ0) is 26.3. The number of hydrogen-bond donors (Lipinski definition) is 0. The predicted octanol–water partition coefficient (Wildman–Crippen LogP) is 5.87. The van der Waals surface area contributed by atoms with Crippen LogP contribution < -0.4 is 0 Å². The van der Waals surface area contributed by atoms with Crippen LogP contribution in [0.4, 0.5) is 0 Å². The molecule has 0 aromatic rings. The molecule has 0 radical (unpaired) electrons. The molecule has 6 heteroatoms. The first-order chi connectivity index (χ1) is 17.0. The van der Waals surface area contributed by atoms with Crippen molar-refractivity contribution < 1.29 is 28.6 Å². The number of ether oxygens (including phenoxy) is 3. The molecule has 4 rings (SSSR count). The fourth-order valence-electron chi connectivity index (χ4n) is 8.98. The van der Waals surface area contributed by atoms with Gasteiger partial charge in [0.1, 0.15) is 12.2 Å². The van der Waals surface area contributed by atoms with Crippen molar-refractivity contribution in [3.63, 3.8) is 0 Å². The van der Waals surface area contributed by atoms with E-state index in [9.17, 15) is 14.4 Å². The molecule has 0 saturated heterocycles. The fourth-order valence-corrected chi connectivity index (χ4v) is 8.98. The molecule has 3 fully saturated rings. The first kappa shape index (κ1) is 27.2. The zero-order valence-electron chi connectivity index (χ0n) is 23.1. The van der Waals surface area contributed by atoms with Crippen LogP contribution in [0.1, 0.15) is 92.9 Å².